The predicted octanol–water partition coefficient (Wildman–Crippen LogP) is 2.35. The number of amides is 1. The monoisotopic (exact) mass is 339 g/mol. The molecule has 1 fully saturated rings. The number of aryl methyl sites for hydroxylation is 2. The summed E-state index contributed by atoms with van der Waals surface area (Å²) in [5, 5.41) is 2.94. The van der Waals surface area contributed by atoms with Crippen molar-refractivity contribution in [3.8, 4) is 0 Å². The number of carbonyl (C=O) groups excluding carboxylic acids is 1. The minimum Gasteiger partial charge on any atom is -0.338 e. The van der Waals surface area contributed by atoms with Gasteiger partial charge >= 0.3 is 0 Å². The summed E-state index contributed by atoms with van der Waals surface area (Å²) >= 11 is 0. The smallest absolute Gasteiger partial charge is 0.259 e. The van der Waals surface area contributed by atoms with Crippen molar-refractivity contribution >= 4 is 17.5 Å². The van der Waals surface area contributed by atoms with Gasteiger partial charge in [0.2, 0.25) is 5.95 Å². The fourth-order valence-corrected chi connectivity index (χ4v) is 2.90. The Balaban J connectivity index is 1.72. The van der Waals surface area contributed by atoms with Crippen LogP contribution in [-0.2, 0) is 6.42 Å². The molecule has 132 valence electrons. The van der Waals surface area contributed by atoms with Crippen LogP contribution in [0.5, 0.6) is 0 Å². The average molecular weight is 339 g/mol. The van der Waals surface area contributed by atoms with Crippen LogP contribution in [0, 0.1) is 6.92 Å². The number of likely N-dealkylation sites (N-methyl/N-ethyl adjacent to an activating group) is 1. The molecular weight excluding hydrogens is 314 g/mol. The number of rotatable bonds is 4. The fourth-order valence-electron chi connectivity index (χ4n) is 2.90. The molecule has 1 saturated heterocycles. The number of nitrogens with zero attached hydrogens (tertiary/aromatic N) is 4. The number of hydrogen-bond acceptors (Lipinski definition) is 5. The van der Waals surface area contributed by atoms with Crippen molar-refractivity contribution in [1.29, 1.82) is 0 Å². The second kappa shape index (κ2) is 7.61. The van der Waals surface area contributed by atoms with Gasteiger partial charge in [0.15, 0.2) is 0 Å². The number of hydrogen-bond donors (Lipinski definition) is 1. The molecule has 1 amide bonds. The summed E-state index contributed by atoms with van der Waals surface area (Å²) in [5.74, 6) is 0.533. The molecule has 1 N–H and O–H groups in total. The van der Waals surface area contributed by atoms with Crippen molar-refractivity contribution in [2.45, 2.75) is 20.3 Å². The Bertz CT molecular complexity index is 753. The quantitative estimate of drug-likeness (QED) is 0.926. The van der Waals surface area contributed by atoms with Crippen LogP contribution in [0.3, 0.4) is 0 Å². The molecule has 0 aliphatic carbocycles. The molecular formula is C19H25N5O. The molecule has 3 rings (SSSR count). The molecule has 0 radical (unpaired) electrons. The highest BCUT2D eigenvalue weighted by molar-refractivity contribution is 6.04. The van der Waals surface area contributed by atoms with E-state index in [-0.39, 0.29) is 5.91 Å². The van der Waals surface area contributed by atoms with E-state index in [1.807, 2.05) is 25.1 Å². The van der Waals surface area contributed by atoms with Crippen LogP contribution in [0.25, 0.3) is 0 Å². The van der Waals surface area contributed by atoms with Crippen molar-refractivity contribution in [1.82, 2.24) is 14.9 Å². The lowest BCUT2D eigenvalue weighted by atomic mass is 10.1. The minimum absolute atomic E-state index is 0.171. The molecule has 0 unspecified atom stereocenters. The molecule has 0 bridgehead atoms. The van der Waals surface area contributed by atoms with Crippen molar-refractivity contribution in [3.63, 3.8) is 0 Å². The molecule has 0 spiro atoms. The fraction of sp³-hybridized carbons (Fsp3) is 0.421. The normalized spacial score (nSPS) is 15.2. The van der Waals surface area contributed by atoms with E-state index in [1.165, 1.54) is 5.56 Å². The maximum atomic E-state index is 12.6. The van der Waals surface area contributed by atoms with Crippen LogP contribution >= 0.6 is 0 Å². The average Bonchev–Trinajstić information content (AvgIpc) is 2.62. The third kappa shape index (κ3) is 4.14. The molecule has 6 heteroatoms. The Hall–Kier alpha value is -2.47. The lowest BCUT2D eigenvalue weighted by Crippen LogP contribution is -2.45. The van der Waals surface area contributed by atoms with Crippen LogP contribution in [0.1, 0.15) is 28.5 Å². The summed E-state index contributed by atoms with van der Waals surface area (Å²) in [6.07, 6.45) is 2.57. The zero-order chi connectivity index (χ0) is 17.8. The van der Waals surface area contributed by atoms with Crippen LogP contribution in [0.2, 0.25) is 0 Å². The Labute approximate surface area is 148 Å². The van der Waals surface area contributed by atoms with Gasteiger partial charge in [0.05, 0.1) is 11.3 Å². The zero-order valence-corrected chi connectivity index (χ0v) is 15.1. The van der Waals surface area contributed by atoms with Gasteiger partial charge in [-0.3, -0.25) is 4.79 Å². The summed E-state index contributed by atoms with van der Waals surface area (Å²) < 4.78 is 0. The standard InChI is InChI=1S/C19H25N5O/c1-4-15-6-5-7-16(12-15)22-18(25)17-13-20-19(21-14(17)2)24-10-8-23(3)9-11-24/h5-7,12-13H,4,8-11H2,1-3H3,(H,22,25). The summed E-state index contributed by atoms with van der Waals surface area (Å²) in [6.45, 7) is 7.77. The Morgan fingerprint density at radius 1 is 1.24 bits per heavy atom. The van der Waals surface area contributed by atoms with Gasteiger partial charge in [-0.05, 0) is 38.1 Å². The Morgan fingerprint density at radius 2 is 2.00 bits per heavy atom. The lowest BCUT2D eigenvalue weighted by molar-refractivity contribution is 0.102. The first kappa shape index (κ1) is 17.4. The highest BCUT2D eigenvalue weighted by atomic mass is 16.1. The van der Waals surface area contributed by atoms with Crippen molar-refractivity contribution in [2.24, 2.45) is 0 Å². The van der Waals surface area contributed by atoms with Crippen LogP contribution in [-0.4, -0.2) is 54.0 Å². The Kier molecular flexibility index (Phi) is 5.28. The number of benzene rings is 1. The van der Waals surface area contributed by atoms with E-state index in [0.29, 0.717) is 17.2 Å². The van der Waals surface area contributed by atoms with Gasteiger partial charge in [-0.15, -0.1) is 0 Å². The minimum atomic E-state index is -0.171. The third-order valence-corrected chi connectivity index (χ3v) is 4.59. The van der Waals surface area contributed by atoms with E-state index < -0.39 is 0 Å². The topological polar surface area (TPSA) is 61.4 Å². The van der Waals surface area contributed by atoms with Crippen molar-refractivity contribution < 1.29 is 4.79 Å². The molecule has 1 aromatic heterocycles. The van der Waals surface area contributed by atoms with E-state index in [4.69, 9.17) is 0 Å². The van der Waals surface area contributed by atoms with Gasteiger partial charge in [-0.25, -0.2) is 9.97 Å². The first-order chi connectivity index (χ1) is 12.1. The number of anilines is 2. The van der Waals surface area contributed by atoms with E-state index in [9.17, 15) is 4.79 Å². The number of piperazine rings is 1. The van der Waals surface area contributed by atoms with Crippen LogP contribution in [0.15, 0.2) is 30.5 Å². The Morgan fingerprint density at radius 3 is 2.68 bits per heavy atom. The van der Waals surface area contributed by atoms with Gasteiger partial charge in [0.1, 0.15) is 0 Å². The first-order valence-electron chi connectivity index (χ1n) is 8.74. The van der Waals surface area contributed by atoms with Gasteiger partial charge in [0, 0.05) is 38.1 Å². The number of carbonyl (C=O) groups is 1. The highest BCUT2D eigenvalue weighted by Gasteiger charge is 2.18. The number of aromatic nitrogens is 2. The summed E-state index contributed by atoms with van der Waals surface area (Å²) in [5.41, 5.74) is 3.20. The lowest BCUT2D eigenvalue weighted by Gasteiger charge is -2.32. The predicted molar refractivity (Wildman–Crippen MR) is 100 cm³/mol. The summed E-state index contributed by atoms with van der Waals surface area (Å²) in [4.78, 5) is 26.0. The first-order valence-corrected chi connectivity index (χ1v) is 8.74. The second-order valence-corrected chi connectivity index (χ2v) is 6.47. The van der Waals surface area contributed by atoms with Crippen molar-refractivity contribution in [3.05, 3.63) is 47.3 Å². The molecule has 25 heavy (non-hydrogen) atoms. The van der Waals surface area contributed by atoms with Gasteiger partial charge in [0.25, 0.3) is 5.91 Å². The summed E-state index contributed by atoms with van der Waals surface area (Å²) in [7, 11) is 2.12. The molecule has 1 aromatic carbocycles. The van der Waals surface area contributed by atoms with Crippen LogP contribution in [0.4, 0.5) is 11.6 Å². The van der Waals surface area contributed by atoms with E-state index in [2.05, 4.69) is 45.1 Å². The molecule has 6 nitrogen and oxygen atoms in total. The van der Waals surface area contributed by atoms with E-state index in [0.717, 1.165) is 38.3 Å². The molecule has 0 saturated carbocycles. The molecule has 1 aliphatic rings. The van der Waals surface area contributed by atoms with Gasteiger partial charge in [-0.1, -0.05) is 19.1 Å². The maximum Gasteiger partial charge on any atom is 0.259 e. The third-order valence-electron chi connectivity index (χ3n) is 4.59. The summed E-state index contributed by atoms with van der Waals surface area (Å²) in [6, 6.07) is 7.89. The molecule has 0 atom stereocenters. The molecule has 2 heterocycles. The largest absolute Gasteiger partial charge is 0.338 e. The van der Waals surface area contributed by atoms with Crippen LogP contribution < -0.4 is 10.2 Å². The van der Waals surface area contributed by atoms with Crippen molar-refractivity contribution in [2.75, 3.05) is 43.4 Å². The van der Waals surface area contributed by atoms with E-state index in [1.54, 1.807) is 6.20 Å². The zero-order valence-electron chi connectivity index (χ0n) is 15.1. The second-order valence-electron chi connectivity index (χ2n) is 6.47. The molecule has 2 aromatic rings. The molecule has 1 aliphatic heterocycles. The highest BCUT2D eigenvalue weighted by Crippen LogP contribution is 2.16. The van der Waals surface area contributed by atoms with Gasteiger partial charge < -0.3 is 15.1 Å². The van der Waals surface area contributed by atoms with Gasteiger partial charge in [-0.2, -0.15) is 0 Å². The maximum absolute atomic E-state index is 12.6. The van der Waals surface area contributed by atoms with E-state index >= 15 is 0 Å². The number of nitrogens with one attached hydrogen (secondary N) is 1. The SMILES string of the molecule is CCc1cccc(NC(=O)c2cnc(N3CCN(C)CC3)nc2C)c1.